The van der Waals surface area contributed by atoms with Gasteiger partial charge in [0.2, 0.25) is 0 Å². The zero-order chi connectivity index (χ0) is 25.2. The van der Waals surface area contributed by atoms with Gasteiger partial charge in [-0.25, -0.2) is 14.6 Å². The lowest BCUT2D eigenvalue weighted by Gasteiger charge is -2.35. The normalized spacial score (nSPS) is 13.8. The maximum atomic E-state index is 13.0. The molecule has 0 N–H and O–H groups in total. The van der Waals surface area contributed by atoms with Crippen molar-refractivity contribution in [1.29, 1.82) is 0 Å². The van der Waals surface area contributed by atoms with E-state index in [2.05, 4.69) is 11.8 Å². The Morgan fingerprint density at radius 2 is 1.78 bits per heavy atom. The number of nitrogens with zero attached hydrogens (tertiary/aromatic N) is 7. The molecule has 1 aliphatic heterocycles. The van der Waals surface area contributed by atoms with Crippen molar-refractivity contribution in [1.82, 2.24) is 24.6 Å². The van der Waals surface area contributed by atoms with Crippen LogP contribution in [-0.4, -0.2) is 61.7 Å². The Labute approximate surface area is 208 Å². The Bertz CT molecular complexity index is 1430. The minimum Gasteiger partial charge on any atom is -0.352 e. The summed E-state index contributed by atoms with van der Waals surface area (Å²) >= 11 is 0. The van der Waals surface area contributed by atoms with Crippen molar-refractivity contribution >= 4 is 28.4 Å². The maximum absolute atomic E-state index is 13.0. The van der Waals surface area contributed by atoms with Crippen molar-refractivity contribution in [2.45, 2.75) is 26.7 Å². The standard InChI is InChI=1S/C26H27N7O3/c1-3-8-22-27-24(23-18(2)29-32(25(23)28-22)20-10-5-4-6-11-20)30-13-15-31(16-14-30)26(34)19-9-7-12-21(17-19)33(35)36/h4-7,9-12,17H,3,8,13-16H2,1-2H3. The van der Waals surface area contributed by atoms with E-state index < -0.39 is 4.92 Å². The molecule has 5 rings (SSSR count). The van der Waals surface area contributed by atoms with Gasteiger partial charge in [0.05, 0.1) is 21.7 Å². The largest absolute Gasteiger partial charge is 0.352 e. The zero-order valence-electron chi connectivity index (χ0n) is 20.3. The number of hydrogen-bond donors (Lipinski definition) is 0. The predicted molar refractivity (Wildman–Crippen MR) is 137 cm³/mol. The minimum absolute atomic E-state index is 0.0859. The maximum Gasteiger partial charge on any atom is 0.270 e. The number of aromatic nitrogens is 4. The smallest absolute Gasteiger partial charge is 0.270 e. The van der Waals surface area contributed by atoms with Gasteiger partial charge in [-0.3, -0.25) is 14.9 Å². The van der Waals surface area contributed by atoms with Crippen LogP contribution in [0.25, 0.3) is 16.7 Å². The Kier molecular flexibility index (Phi) is 6.32. The second kappa shape index (κ2) is 9.73. The molecule has 1 saturated heterocycles. The Morgan fingerprint density at radius 3 is 2.47 bits per heavy atom. The Balaban J connectivity index is 1.44. The third kappa shape index (κ3) is 4.37. The third-order valence-corrected chi connectivity index (χ3v) is 6.37. The summed E-state index contributed by atoms with van der Waals surface area (Å²) in [6.07, 6.45) is 1.68. The fourth-order valence-electron chi connectivity index (χ4n) is 4.58. The number of anilines is 1. The van der Waals surface area contributed by atoms with Crippen molar-refractivity contribution in [2.24, 2.45) is 0 Å². The van der Waals surface area contributed by atoms with Gasteiger partial charge in [0.25, 0.3) is 11.6 Å². The van der Waals surface area contributed by atoms with Crippen LogP contribution in [0.2, 0.25) is 0 Å². The first-order chi connectivity index (χ1) is 17.5. The molecule has 10 nitrogen and oxygen atoms in total. The lowest BCUT2D eigenvalue weighted by molar-refractivity contribution is -0.384. The van der Waals surface area contributed by atoms with Gasteiger partial charge < -0.3 is 9.80 Å². The summed E-state index contributed by atoms with van der Waals surface area (Å²) in [4.78, 5) is 37.4. The molecule has 0 atom stereocenters. The fraction of sp³-hybridized carbons (Fsp3) is 0.308. The number of carbonyl (C=O) groups is 1. The van der Waals surface area contributed by atoms with Crippen LogP contribution in [0.4, 0.5) is 11.5 Å². The van der Waals surface area contributed by atoms with Crippen LogP contribution >= 0.6 is 0 Å². The van der Waals surface area contributed by atoms with Gasteiger partial charge in [-0.1, -0.05) is 31.2 Å². The summed E-state index contributed by atoms with van der Waals surface area (Å²) in [7, 11) is 0. The predicted octanol–water partition coefficient (Wildman–Crippen LogP) is 3.95. The summed E-state index contributed by atoms with van der Waals surface area (Å²) in [5.41, 5.74) is 2.81. The number of non-ortho nitro benzene ring substituents is 1. The van der Waals surface area contributed by atoms with Gasteiger partial charge >= 0.3 is 0 Å². The van der Waals surface area contributed by atoms with E-state index in [1.807, 2.05) is 41.9 Å². The monoisotopic (exact) mass is 485 g/mol. The lowest BCUT2D eigenvalue weighted by Crippen LogP contribution is -2.49. The van der Waals surface area contributed by atoms with E-state index in [0.29, 0.717) is 31.7 Å². The van der Waals surface area contributed by atoms with Crippen LogP contribution in [0, 0.1) is 17.0 Å². The molecule has 1 fully saturated rings. The summed E-state index contributed by atoms with van der Waals surface area (Å²) in [5.74, 6) is 1.41. The van der Waals surface area contributed by atoms with E-state index in [9.17, 15) is 14.9 Å². The first kappa shape index (κ1) is 23.4. The summed E-state index contributed by atoms with van der Waals surface area (Å²) in [6.45, 7) is 6.23. The summed E-state index contributed by atoms with van der Waals surface area (Å²) < 4.78 is 1.87. The molecule has 2 aromatic carbocycles. The van der Waals surface area contributed by atoms with E-state index in [1.54, 1.807) is 17.0 Å². The number of hydrogen-bond acceptors (Lipinski definition) is 7. The molecule has 10 heteroatoms. The molecule has 1 aliphatic rings. The fourth-order valence-corrected chi connectivity index (χ4v) is 4.58. The van der Waals surface area contributed by atoms with Crippen LogP contribution in [0.5, 0.6) is 0 Å². The molecule has 0 unspecified atom stereocenters. The molecule has 0 aliphatic carbocycles. The van der Waals surface area contributed by atoms with Crippen LogP contribution in [0.1, 0.15) is 35.2 Å². The number of nitro groups is 1. The minimum atomic E-state index is -0.485. The number of piperazine rings is 1. The molecule has 0 saturated carbocycles. The second-order valence-electron chi connectivity index (χ2n) is 8.83. The molecular weight excluding hydrogens is 458 g/mol. The lowest BCUT2D eigenvalue weighted by atomic mass is 10.1. The highest BCUT2D eigenvalue weighted by Crippen LogP contribution is 2.30. The molecule has 4 aromatic rings. The van der Waals surface area contributed by atoms with Crippen molar-refractivity contribution in [3.63, 3.8) is 0 Å². The molecule has 3 heterocycles. The first-order valence-electron chi connectivity index (χ1n) is 12.1. The van der Waals surface area contributed by atoms with Gasteiger partial charge in [0.1, 0.15) is 11.6 Å². The van der Waals surface area contributed by atoms with Gasteiger partial charge in [-0.05, 0) is 31.5 Å². The molecule has 0 spiro atoms. The molecular formula is C26H27N7O3. The summed E-state index contributed by atoms with van der Waals surface area (Å²) in [6, 6.07) is 15.8. The molecule has 1 amide bonds. The molecule has 36 heavy (non-hydrogen) atoms. The Hall–Kier alpha value is -4.34. The number of nitro benzene ring substituents is 1. The molecule has 2 aromatic heterocycles. The summed E-state index contributed by atoms with van der Waals surface area (Å²) in [5, 5.41) is 16.8. The number of aryl methyl sites for hydroxylation is 2. The highest BCUT2D eigenvalue weighted by atomic mass is 16.6. The molecule has 0 radical (unpaired) electrons. The highest BCUT2D eigenvalue weighted by Gasteiger charge is 2.27. The van der Waals surface area contributed by atoms with Crippen LogP contribution in [-0.2, 0) is 6.42 Å². The average Bonchev–Trinajstić information content (AvgIpc) is 3.25. The first-order valence-corrected chi connectivity index (χ1v) is 12.1. The van der Waals surface area contributed by atoms with Gasteiger partial charge in [-0.15, -0.1) is 0 Å². The van der Waals surface area contributed by atoms with Gasteiger partial charge in [-0.2, -0.15) is 5.10 Å². The molecule has 0 bridgehead atoms. The average molecular weight is 486 g/mol. The number of fused-ring (bicyclic) bond motifs is 1. The SMILES string of the molecule is CCCc1nc(N2CCN(C(=O)c3cccc([N+](=O)[O-])c3)CC2)c2c(C)nn(-c3ccccc3)c2n1. The van der Waals surface area contributed by atoms with Crippen LogP contribution in [0.15, 0.2) is 54.6 Å². The number of rotatable bonds is 6. The van der Waals surface area contributed by atoms with Gasteiger partial charge in [0, 0.05) is 50.3 Å². The van der Waals surface area contributed by atoms with E-state index in [1.165, 1.54) is 12.1 Å². The van der Waals surface area contributed by atoms with Gasteiger partial charge in [0.15, 0.2) is 5.65 Å². The number of amides is 1. The molecule has 184 valence electrons. The number of carbonyl (C=O) groups excluding carboxylic acids is 1. The zero-order valence-corrected chi connectivity index (χ0v) is 20.3. The number of para-hydroxylation sites is 1. The van der Waals surface area contributed by atoms with Crippen molar-refractivity contribution < 1.29 is 9.72 Å². The van der Waals surface area contributed by atoms with E-state index in [-0.39, 0.29) is 11.6 Å². The van der Waals surface area contributed by atoms with Crippen molar-refractivity contribution in [2.75, 3.05) is 31.1 Å². The van der Waals surface area contributed by atoms with Crippen LogP contribution < -0.4 is 4.90 Å². The third-order valence-electron chi connectivity index (χ3n) is 6.37. The van der Waals surface area contributed by atoms with E-state index in [0.717, 1.165) is 46.9 Å². The Morgan fingerprint density at radius 1 is 1.03 bits per heavy atom. The van der Waals surface area contributed by atoms with Crippen molar-refractivity contribution in [3.8, 4) is 5.69 Å². The van der Waals surface area contributed by atoms with Crippen LogP contribution in [0.3, 0.4) is 0 Å². The van der Waals surface area contributed by atoms with Crippen molar-refractivity contribution in [3.05, 3.63) is 81.8 Å². The van der Waals surface area contributed by atoms with E-state index >= 15 is 0 Å². The second-order valence-corrected chi connectivity index (χ2v) is 8.83. The quantitative estimate of drug-likeness (QED) is 0.300. The topological polar surface area (TPSA) is 110 Å². The highest BCUT2D eigenvalue weighted by molar-refractivity contribution is 5.95. The van der Waals surface area contributed by atoms with E-state index in [4.69, 9.17) is 15.1 Å². The number of benzene rings is 2.